The molecule has 0 spiro atoms. The minimum atomic E-state index is -0.406. The van der Waals surface area contributed by atoms with E-state index in [1.165, 1.54) is 42.2 Å². The van der Waals surface area contributed by atoms with E-state index in [1.807, 2.05) is 12.1 Å². The summed E-state index contributed by atoms with van der Waals surface area (Å²) in [6.07, 6.45) is 4.48. The molecule has 0 bridgehead atoms. The lowest BCUT2D eigenvalue weighted by Gasteiger charge is -2.19. The lowest BCUT2D eigenvalue weighted by molar-refractivity contribution is -0.114. The van der Waals surface area contributed by atoms with E-state index >= 15 is 0 Å². The summed E-state index contributed by atoms with van der Waals surface area (Å²) >= 11 is 0. The summed E-state index contributed by atoms with van der Waals surface area (Å²) in [6.45, 7) is -0.135. The van der Waals surface area contributed by atoms with Crippen molar-refractivity contribution >= 4 is 23.2 Å². The molecule has 0 unspecified atom stereocenters. The van der Waals surface area contributed by atoms with Crippen LogP contribution in [-0.4, -0.2) is 18.4 Å². The molecular formula is C19H21FN4O. The second kappa shape index (κ2) is 7.79. The van der Waals surface area contributed by atoms with Crippen LogP contribution >= 0.6 is 0 Å². The number of nitrogens with zero attached hydrogens (tertiary/aromatic N) is 1. The Morgan fingerprint density at radius 1 is 1.12 bits per heavy atom. The third-order valence-electron chi connectivity index (χ3n) is 4.16. The van der Waals surface area contributed by atoms with E-state index in [2.05, 4.69) is 21.7 Å². The van der Waals surface area contributed by atoms with Gasteiger partial charge in [0, 0.05) is 11.4 Å². The second-order valence-corrected chi connectivity index (χ2v) is 6.04. The highest BCUT2D eigenvalue weighted by atomic mass is 19.1. The molecule has 1 aliphatic rings. The minimum absolute atomic E-state index is 0.135. The number of aryl methyl sites for hydroxylation is 1. The standard InChI is InChI=1S/C19H21FN4O/c20-14-7-4-8-15(11-14)23-18(25)12-22-19(21)24-17-10-3-6-13-5-1-2-9-16(13)17/h3-4,6-8,10-11H,1-2,5,9,12H2,(H,23,25)(H3,21,22,24). The van der Waals surface area contributed by atoms with Gasteiger partial charge in [-0.2, -0.15) is 0 Å². The highest BCUT2D eigenvalue weighted by Crippen LogP contribution is 2.27. The van der Waals surface area contributed by atoms with Crippen LogP contribution in [0.25, 0.3) is 0 Å². The SMILES string of the molecule is NC(=NCC(=O)Nc1cccc(F)c1)Nc1cccc2c1CCCC2. The van der Waals surface area contributed by atoms with Gasteiger partial charge < -0.3 is 16.4 Å². The monoisotopic (exact) mass is 340 g/mol. The molecule has 0 aromatic heterocycles. The number of fused-ring (bicyclic) bond motifs is 1. The highest BCUT2D eigenvalue weighted by molar-refractivity contribution is 5.97. The van der Waals surface area contributed by atoms with Crippen LogP contribution in [0.5, 0.6) is 0 Å². The van der Waals surface area contributed by atoms with Crippen molar-refractivity contribution in [2.24, 2.45) is 10.7 Å². The van der Waals surface area contributed by atoms with Crippen LogP contribution in [0.4, 0.5) is 15.8 Å². The van der Waals surface area contributed by atoms with E-state index in [4.69, 9.17) is 5.73 Å². The zero-order valence-corrected chi connectivity index (χ0v) is 13.9. The number of nitrogens with two attached hydrogens (primary N) is 1. The van der Waals surface area contributed by atoms with Gasteiger partial charge in [-0.05, 0) is 61.1 Å². The highest BCUT2D eigenvalue weighted by Gasteiger charge is 2.13. The molecule has 0 atom stereocenters. The predicted octanol–water partition coefficient (Wildman–Crippen LogP) is 3.07. The van der Waals surface area contributed by atoms with E-state index in [0.29, 0.717) is 5.69 Å². The number of amides is 1. The van der Waals surface area contributed by atoms with Crippen molar-refractivity contribution in [2.45, 2.75) is 25.7 Å². The van der Waals surface area contributed by atoms with Crippen molar-refractivity contribution in [1.29, 1.82) is 0 Å². The van der Waals surface area contributed by atoms with Gasteiger partial charge in [-0.25, -0.2) is 9.38 Å². The normalized spacial score (nSPS) is 13.9. The van der Waals surface area contributed by atoms with Crippen LogP contribution in [0, 0.1) is 5.82 Å². The van der Waals surface area contributed by atoms with Crippen LogP contribution in [-0.2, 0) is 17.6 Å². The van der Waals surface area contributed by atoms with Gasteiger partial charge in [0.15, 0.2) is 5.96 Å². The third-order valence-corrected chi connectivity index (χ3v) is 4.16. The molecule has 3 rings (SSSR count). The molecule has 6 heteroatoms. The van der Waals surface area contributed by atoms with E-state index in [9.17, 15) is 9.18 Å². The van der Waals surface area contributed by atoms with Gasteiger partial charge in [0.05, 0.1) is 0 Å². The first-order valence-corrected chi connectivity index (χ1v) is 8.35. The van der Waals surface area contributed by atoms with Crippen molar-refractivity contribution < 1.29 is 9.18 Å². The number of hydrogen-bond donors (Lipinski definition) is 3. The fourth-order valence-corrected chi connectivity index (χ4v) is 3.00. The van der Waals surface area contributed by atoms with Crippen molar-refractivity contribution in [3.63, 3.8) is 0 Å². The Morgan fingerprint density at radius 3 is 2.76 bits per heavy atom. The van der Waals surface area contributed by atoms with Crippen molar-refractivity contribution in [3.8, 4) is 0 Å². The van der Waals surface area contributed by atoms with E-state index in [1.54, 1.807) is 6.07 Å². The molecule has 2 aromatic carbocycles. The Labute approximate surface area is 146 Å². The Morgan fingerprint density at radius 2 is 1.92 bits per heavy atom. The second-order valence-electron chi connectivity index (χ2n) is 6.04. The topological polar surface area (TPSA) is 79.5 Å². The van der Waals surface area contributed by atoms with Crippen molar-refractivity contribution in [3.05, 3.63) is 59.4 Å². The number of hydrogen-bond acceptors (Lipinski definition) is 2. The van der Waals surface area contributed by atoms with Crippen molar-refractivity contribution in [1.82, 2.24) is 0 Å². The maximum atomic E-state index is 13.1. The number of halogens is 1. The molecule has 25 heavy (non-hydrogen) atoms. The fraction of sp³-hybridized carbons (Fsp3) is 0.263. The Bertz CT molecular complexity index is 804. The van der Waals surface area contributed by atoms with Gasteiger partial charge in [-0.3, -0.25) is 4.79 Å². The first-order valence-electron chi connectivity index (χ1n) is 8.35. The van der Waals surface area contributed by atoms with Crippen LogP contribution in [0.3, 0.4) is 0 Å². The lowest BCUT2D eigenvalue weighted by atomic mass is 9.90. The maximum Gasteiger partial charge on any atom is 0.246 e. The summed E-state index contributed by atoms with van der Waals surface area (Å²) in [5.74, 6) is -0.574. The molecule has 4 N–H and O–H groups in total. The molecule has 2 aromatic rings. The Kier molecular flexibility index (Phi) is 5.28. The van der Waals surface area contributed by atoms with Crippen LogP contribution in [0.15, 0.2) is 47.5 Å². The summed E-state index contributed by atoms with van der Waals surface area (Å²) < 4.78 is 13.1. The Balaban J connectivity index is 1.60. The van der Waals surface area contributed by atoms with E-state index in [0.717, 1.165) is 18.5 Å². The summed E-state index contributed by atoms with van der Waals surface area (Å²) in [6, 6.07) is 11.8. The van der Waals surface area contributed by atoms with Crippen LogP contribution in [0.2, 0.25) is 0 Å². The van der Waals surface area contributed by atoms with Crippen LogP contribution < -0.4 is 16.4 Å². The molecule has 1 aliphatic carbocycles. The number of carbonyl (C=O) groups excluding carboxylic acids is 1. The number of nitrogens with one attached hydrogen (secondary N) is 2. The summed E-state index contributed by atoms with van der Waals surface area (Å²) in [4.78, 5) is 16.0. The minimum Gasteiger partial charge on any atom is -0.370 e. The molecule has 0 fully saturated rings. The lowest BCUT2D eigenvalue weighted by Crippen LogP contribution is -2.26. The van der Waals surface area contributed by atoms with Gasteiger partial charge >= 0.3 is 0 Å². The number of anilines is 2. The summed E-state index contributed by atoms with van der Waals surface area (Å²) in [5, 5.41) is 5.67. The molecule has 0 heterocycles. The zero-order valence-electron chi connectivity index (χ0n) is 13.9. The van der Waals surface area contributed by atoms with Gasteiger partial charge in [0.1, 0.15) is 12.4 Å². The Hall–Kier alpha value is -2.89. The number of benzene rings is 2. The molecule has 0 aliphatic heterocycles. The predicted molar refractivity (Wildman–Crippen MR) is 98.2 cm³/mol. The van der Waals surface area contributed by atoms with E-state index in [-0.39, 0.29) is 18.4 Å². The average Bonchev–Trinajstić information content (AvgIpc) is 2.60. The largest absolute Gasteiger partial charge is 0.370 e. The first kappa shape index (κ1) is 17.0. The quantitative estimate of drug-likeness (QED) is 0.591. The maximum absolute atomic E-state index is 13.1. The molecule has 0 saturated heterocycles. The number of rotatable bonds is 4. The van der Waals surface area contributed by atoms with Gasteiger partial charge in [-0.15, -0.1) is 0 Å². The van der Waals surface area contributed by atoms with Gasteiger partial charge in [0.2, 0.25) is 5.91 Å². The molecular weight excluding hydrogens is 319 g/mol. The smallest absolute Gasteiger partial charge is 0.246 e. The van der Waals surface area contributed by atoms with Gasteiger partial charge in [-0.1, -0.05) is 18.2 Å². The molecule has 5 nitrogen and oxygen atoms in total. The number of carbonyl (C=O) groups is 1. The molecule has 1 amide bonds. The zero-order chi connectivity index (χ0) is 17.6. The third kappa shape index (κ3) is 4.56. The van der Waals surface area contributed by atoms with E-state index < -0.39 is 5.82 Å². The summed E-state index contributed by atoms with van der Waals surface area (Å²) in [7, 11) is 0. The van der Waals surface area contributed by atoms with Gasteiger partial charge in [0.25, 0.3) is 0 Å². The fourth-order valence-electron chi connectivity index (χ4n) is 3.00. The number of aliphatic imine (C=N–C) groups is 1. The molecule has 0 saturated carbocycles. The van der Waals surface area contributed by atoms with Crippen LogP contribution in [0.1, 0.15) is 24.0 Å². The first-order chi connectivity index (χ1) is 12.1. The van der Waals surface area contributed by atoms with Crippen molar-refractivity contribution in [2.75, 3.05) is 17.2 Å². The average molecular weight is 340 g/mol. The molecule has 0 radical (unpaired) electrons. The number of guanidine groups is 1. The summed E-state index contributed by atoms with van der Waals surface area (Å²) in [5.41, 5.74) is 9.86. The molecule has 130 valence electrons.